The first-order valence-electron chi connectivity index (χ1n) is 5.95. The molecule has 0 bridgehead atoms. The number of aromatic nitrogens is 3. The summed E-state index contributed by atoms with van der Waals surface area (Å²) in [7, 11) is 0. The van der Waals surface area contributed by atoms with Crippen LogP contribution in [-0.2, 0) is 0 Å². The molecule has 1 saturated heterocycles. The van der Waals surface area contributed by atoms with Crippen LogP contribution in [0.25, 0.3) is 0 Å². The molecule has 1 aliphatic rings. The Morgan fingerprint density at radius 2 is 2.33 bits per heavy atom. The summed E-state index contributed by atoms with van der Waals surface area (Å²) in [6.45, 7) is 6.45. The van der Waals surface area contributed by atoms with Crippen molar-refractivity contribution < 1.29 is 4.74 Å². The Bertz CT molecular complexity index is 404. The van der Waals surface area contributed by atoms with Crippen molar-refractivity contribution in [3.8, 4) is 6.01 Å². The van der Waals surface area contributed by atoms with Crippen LogP contribution >= 0.6 is 11.8 Å². The molecule has 8 heteroatoms. The van der Waals surface area contributed by atoms with Gasteiger partial charge in [-0.2, -0.15) is 26.7 Å². The van der Waals surface area contributed by atoms with Gasteiger partial charge in [-0.1, -0.05) is 6.92 Å². The van der Waals surface area contributed by atoms with Gasteiger partial charge in [-0.25, -0.2) is 5.84 Å². The Morgan fingerprint density at radius 3 is 3.00 bits per heavy atom. The fraction of sp³-hybridized carbons (Fsp3) is 0.700. The van der Waals surface area contributed by atoms with Gasteiger partial charge in [0.2, 0.25) is 11.9 Å². The molecule has 2 heterocycles. The molecule has 7 nitrogen and oxygen atoms in total. The molecular formula is C10H18N6OS. The summed E-state index contributed by atoms with van der Waals surface area (Å²) in [6, 6.07) is 0.307. The number of hydrogen-bond donors (Lipinski definition) is 2. The Labute approximate surface area is 110 Å². The zero-order valence-corrected chi connectivity index (χ0v) is 11.4. The molecule has 100 valence electrons. The monoisotopic (exact) mass is 270 g/mol. The molecule has 0 saturated carbocycles. The maximum atomic E-state index is 5.36. The number of anilines is 2. The normalized spacial score (nSPS) is 19.7. The van der Waals surface area contributed by atoms with E-state index in [2.05, 4.69) is 32.2 Å². The van der Waals surface area contributed by atoms with Gasteiger partial charge in [0.25, 0.3) is 0 Å². The molecule has 0 spiro atoms. The number of ether oxygens (including phenoxy) is 1. The largest absolute Gasteiger partial charge is 0.464 e. The highest BCUT2D eigenvalue weighted by Crippen LogP contribution is 2.22. The Morgan fingerprint density at radius 1 is 1.50 bits per heavy atom. The average molecular weight is 270 g/mol. The fourth-order valence-corrected chi connectivity index (χ4v) is 2.76. The maximum Gasteiger partial charge on any atom is 0.323 e. The van der Waals surface area contributed by atoms with E-state index in [0.717, 1.165) is 18.8 Å². The van der Waals surface area contributed by atoms with Crippen molar-refractivity contribution in [3.63, 3.8) is 0 Å². The van der Waals surface area contributed by atoms with Gasteiger partial charge in [-0.15, -0.1) is 0 Å². The van der Waals surface area contributed by atoms with E-state index in [-0.39, 0.29) is 0 Å². The van der Waals surface area contributed by atoms with Gasteiger partial charge in [-0.05, 0) is 6.92 Å². The third-order valence-corrected chi connectivity index (χ3v) is 3.67. The van der Waals surface area contributed by atoms with Gasteiger partial charge >= 0.3 is 6.01 Å². The Hall–Kier alpha value is -1.28. The minimum absolute atomic E-state index is 0.307. The SMILES string of the molecule is CCOc1nc(NN)nc(N2CCSC(C)C2)n1. The lowest BCUT2D eigenvalue weighted by atomic mass is 10.4. The van der Waals surface area contributed by atoms with E-state index in [1.807, 2.05) is 18.7 Å². The second kappa shape index (κ2) is 6.05. The van der Waals surface area contributed by atoms with Gasteiger partial charge in [0.15, 0.2) is 0 Å². The molecule has 1 aliphatic heterocycles. The van der Waals surface area contributed by atoms with Gasteiger partial charge in [0.05, 0.1) is 6.61 Å². The van der Waals surface area contributed by atoms with Gasteiger partial charge in [0.1, 0.15) is 0 Å². The highest BCUT2D eigenvalue weighted by Gasteiger charge is 2.20. The van der Waals surface area contributed by atoms with Crippen LogP contribution in [0.3, 0.4) is 0 Å². The van der Waals surface area contributed by atoms with Crippen molar-refractivity contribution in [1.29, 1.82) is 0 Å². The second-order valence-electron chi connectivity index (χ2n) is 3.95. The van der Waals surface area contributed by atoms with E-state index in [9.17, 15) is 0 Å². The van der Waals surface area contributed by atoms with Crippen molar-refractivity contribution >= 4 is 23.7 Å². The molecule has 1 unspecified atom stereocenters. The maximum absolute atomic E-state index is 5.36. The predicted octanol–water partition coefficient (Wildman–Crippen LogP) is 0.498. The van der Waals surface area contributed by atoms with Crippen molar-refractivity contribution in [3.05, 3.63) is 0 Å². The summed E-state index contributed by atoms with van der Waals surface area (Å²) in [5, 5.41) is 0.570. The van der Waals surface area contributed by atoms with Gasteiger partial charge in [0, 0.05) is 24.1 Å². The van der Waals surface area contributed by atoms with E-state index in [1.54, 1.807) is 0 Å². The summed E-state index contributed by atoms with van der Waals surface area (Å²) in [4.78, 5) is 14.8. The minimum Gasteiger partial charge on any atom is -0.464 e. The third-order valence-electron chi connectivity index (χ3n) is 2.53. The molecular weight excluding hydrogens is 252 g/mol. The third kappa shape index (κ3) is 3.14. The summed E-state index contributed by atoms with van der Waals surface area (Å²) in [6.07, 6.45) is 0. The molecule has 0 amide bonds. The Kier molecular flexibility index (Phi) is 4.43. The average Bonchev–Trinajstić information content (AvgIpc) is 2.39. The molecule has 0 radical (unpaired) electrons. The molecule has 3 N–H and O–H groups in total. The first kappa shape index (κ1) is 13.2. The zero-order chi connectivity index (χ0) is 13.0. The van der Waals surface area contributed by atoms with Crippen molar-refractivity contribution in [2.45, 2.75) is 19.1 Å². The van der Waals surface area contributed by atoms with Gasteiger partial charge in [-0.3, -0.25) is 5.43 Å². The second-order valence-corrected chi connectivity index (χ2v) is 5.49. The number of thioether (sulfide) groups is 1. The lowest BCUT2D eigenvalue weighted by Crippen LogP contribution is -2.38. The van der Waals surface area contributed by atoms with Crippen LogP contribution < -0.4 is 20.9 Å². The molecule has 0 aliphatic carbocycles. The molecule has 1 fully saturated rings. The number of nitrogens with one attached hydrogen (secondary N) is 1. The lowest BCUT2D eigenvalue weighted by Gasteiger charge is -2.30. The quantitative estimate of drug-likeness (QED) is 0.604. The van der Waals surface area contributed by atoms with Crippen molar-refractivity contribution in [2.75, 3.05) is 35.8 Å². The van der Waals surface area contributed by atoms with E-state index in [4.69, 9.17) is 10.6 Å². The first-order chi connectivity index (χ1) is 8.72. The number of nitrogen functional groups attached to an aromatic ring is 1. The summed E-state index contributed by atoms with van der Waals surface area (Å²) in [5.74, 6) is 7.38. The lowest BCUT2D eigenvalue weighted by molar-refractivity contribution is 0.312. The number of rotatable bonds is 4. The highest BCUT2D eigenvalue weighted by atomic mass is 32.2. The van der Waals surface area contributed by atoms with Crippen molar-refractivity contribution in [1.82, 2.24) is 15.0 Å². The molecule has 1 aromatic heterocycles. The van der Waals surface area contributed by atoms with E-state index in [0.29, 0.717) is 29.8 Å². The van der Waals surface area contributed by atoms with Crippen molar-refractivity contribution in [2.24, 2.45) is 5.84 Å². The Balaban J connectivity index is 2.22. The topological polar surface area (TPSA) is 89.2 Å². The smallest absolute Gasteiger partial charge is 0.323 e. The van der Waals surface area contributed by atoms with Gasteiger partial charge < -0.3 is 9.64 Å². The number of hydrogen-bond acceptors (Lipinski definition) is 8. The van der Waals surface area contributed by atoms with E-state index >= 15 is 0 Å². The standard InChI is InChI=1S/C10H18N6OS/c1-3-17-10-13-8(15-11)12-9(14-10)16-4-5-18-7(2)6-16/h7H,3-6,11H2,1-2H3,(H,12,13,14,15). The molecule has 2 rings (SSSR count). The molecule has 0 aromatic carbocycles. The van der Waals surface area contributed by atoms with Crippen LogP contribution in [0.4, 0.5) is 11.9 Å². The summed E-state index contributed by atoms with van der Waals surface area (Å²) >= 11 is 1.96. The molecule has 1 aromatic rings. The van der Waals surface area contributed by atoms with E-state index in [1.165, 1.54) is 0 Å². The van der Waals surface area contributed by atoms with Crippen LogP contribution in [0.15, 0.2) is 0 Å². The zero-order valence-electron chi connectivity index (χ0n) is 10.6. The number of hydrazine groups is 1. The van der Waals surface area contributed by atoms with Crippen LogP contribution in [0.5, 0.6) is 6.01 Å². The van der Waals surface area contributed by atoms with Crippen LogP contribution in [0.1, 0.15) is 13.8 Å². The van der Waals surface area contributed by atoms with Crippen LogP contribution in [0.2, 0.25) is 0 Å². The van der Waals surface area contributed by atoms with Crippen LogP contribution in [0, 0.1) is 0 Å². The fourth-order valence-electron chi connectivity index (χ4n) is 1.75. The first-order valence-corrected chi connectivity index (χ1v) is 7.00. The number of nitrogens with zero attached hydrogens (tertiary/aromatic N) is 4. The molecule has 1 atom stereocenters. The summed E-state index contributed by atoms with van der Waals surface area (Å²) < 4.78 is 5.32. The molecule has 18 heavy (non-hydrogen) atoms. The minimum atomic E-state index is 0.307. The van der Waals surface area contributed by atoms with E-state index < -0.39 is 0 Å². The van der Waals surface area contributed by atoms with Crippen LogP contribution in [-0.4, -0.2) is 45.7 Å². The highest BCUT2D eigenvalue weighted by molar-refractivity contribution is 8.00. The summed E-state index contributed by atoms with van der Waals surface area (Å²) in [5.41, 5.74) is 2.44. The number of nitrogens with two attached hydrogens (primary N) is 1. The predicted molar refractivity (Wildman–Crippen MR) is 72.9 cm³/mol.